The summed E-state index contributed by atoms with van der Waals surface area (Å²) in [6, 6.07) is 2.38. The van der Waals surface area contributed by atoms with Crippen LogP contribution in [0.4, 0.5) is 0 Å². The third-order valence-corrected chi connectivity index (χ3v) is 4.36. The molecule has 9 heteroatoms. The molecule has 0 aliphatic rings. The molecule has 0 radical (unpaired) electrons. The van der Waals surface area contributed by atoms with Gasteiger partial charge in [0.25, 0.3) is 10.1 Å². The highest BCUT2D eigenvalue weighted by atomic mass is 32.2. The first kappa shape index (κ1) is 18.1. The van der Waals surface area contributed by atoms with Crippen molar-refractivity contribution in [2.24, 2.45) is 11.8 Å². The lowest BCUT2D eigenvalue weighted by atomic mass is 9.79. The standard InChI is InChI=1S/C13H17NO7S/c1-3-9(11(13(17)18)7(2)12(15)16)10-5-4-8(6-14-10)22(19,20)21/h4-7,9,11H,3H2,1-2H3,(H,15,16)(H,17,18)(H,19,20,21). The van der Waals surface area contributed by atoms with Crippen LogP contribution in [0.3, 0.4) is 0 Å². The van der Waals surface area contributed by atoms with Gasteiger partial charge in [0.05, 0.1) is 11.8 Å². The van der Waals surface area contributed by atoms with Crippen molar-refractivity contribution in [3.63, 3.8) is 0 Å². The fourth-order valence-electron chi connectivity index (χ4n) is 2.30. The van der Waals surface area contributed by atoms with Crippen LogP contribution in [0.15, 0.2) is 23.2 Å². The molecule has 0 aromatic carbocycles. The lowest BCUT2D eigenvalue weighted by Crippen LogP contribution is -2.33. The normalized spacial score (nSPS) is 15.8. The van der Waals surface area contributed by atoms with Crippen LogP contribution in [0.25, 0.3) is 0 Å². The Kier molecular flexibility index (Phi) is 5.61. The molecule has 3 atom stereocenters. The molecule has 0 aliphatic carbocycles. The lowest BCUT2D eigenvalue weighted by Gasteiger charge is -2.25. The molecule has 0 amide bonds. The summed E-state index contributed by atoms with van der Waals surface area (Å²) >= 11 is 0. The molecule has 0 saturated carbocycles. The fraction of sp³-hybridized carbons (Fsp3) is 0.462. The van der Waals surface area contributed by atoms with E-state index in [1.807, 2.05) is 0 Å². The minimum atomic E-state index is -4.39. The van der Waals surface area contributed by atoms with Gasteiger partial charge in [0, 0.05) is 17.8 Å². The van der Waals surface area contributed by atoms with Crippen LogP contribution in [-0.2, 0) is 19.7 Å². The number of nitrogens with zero attached hydrogens (tertiary/aromatic N) is 1. The Balaban J connectivity index is 3.23. The van der Waals surface area contributed by atoms with Crippen LogP contribution in [0.1, 0.15) is 31.9 Å². The Bertz CT molecular complexity index is 653. The van der Waals surface area contributed by atoms with Crippen LogP contribution >= 0.6 is 0 Å². The summed E-state index contributed by atoms with van der Waals surface area (Å²) < 4.78 is 30.8. The number of pyridine rings is 1. The zero-order chi connectivity index (χ0) is 17.1. The number of hydrogen-bond donors (Lipinski definition) is 3. The van der Waals surface area contributed by atoms with E-state index in [4.69, 9.17) is 9.66 Å². The Morgan fingerprint density at radius 1 is 1.23 bits per heavy atom. The molecule has 0 bridgehead atoms. The van der Waals surface area contributed by atoms with Crippen molar-refractivity contribution in [2.45, 2.75) is 31.1 Å². The van der Waals surface area contributed by atoms with E-state index in [0.717, 1.165) is 12.3 Å². The van der Waals surface area contributed by atoms with E-state index >= 15 is 0 Å². The van der Waals surface area contributed by atoms with E-state index in [1.165, 1.54) is 13.0 Å². The minimum Gasteiger partial charge on any atom is -0.481 e. The number of carboxylic acids is 2. The van der Waals surface area contributed by atoms with Crippen molar-refractivity contribution in [3.8, 4) is 0 Å². The molecule has 22 heavy (non-hydrogen) atoms. The van der Waals surface area contributed by atoms with Crippen molar-refractivity contribution in [1.29, 1.82) is 0 Å². The topological polar surface area (TPSA) is 142 Å². The van der Waals surface area contributed by atoms with E-state index in [-0.39, 0.29) is 5.69 Å². The van der Waals surface area contributed by atoms with E-state index in [1.54, 1.807) is 6.92 Å². The van der Waals surface area contributed by atoms with E-state index < -0.39 is 44.7 Å². The van der Waals surface area contributed by atoms with E-state index in [0.29, 0.717) is 6.42 Å². The maximum atomic E-state index is 11.4. The second kappa shape index (κ2) is 6.84. The molecule has 1 aromatic heterocycles. The fourth-order valence-corrected chi connectivity index (χ4v) is 2.72. The molecule has 0 spiro atoms. The first-order valence-corrected chi connectivity index (χ1v) is 7.92. The van der Waals surface area contributed by atoms with Crippen LogP contribution < -0.4 is 0 Å². The number of rotatable bonds is 7. The average molecular weight is 331 g/mol. The Morgan fingerprint density at radius 2 is 1.82 bits per heavy atom. The summed E-state index contributed by atoms with van der Waals surface area (Å²) in [6.45, 7) is 2.99. The molecule has 0 aliphatic heterocycles. The summed E-state index contributed by atoms with van der Waals surface area (Å²) in [6.07, 6.45) is 1.23. The summed E-state index contributed by atoms with van der Waals surface area (Å²) in [5, 5.41) is 18.4. The quantitative estimate of drug-likeness (QED) is 0.633. The van der Waals surface area contributed by atoms with Crippen LogP contribution in [0.5, 0.6) is 0 Å². The van der Waals surface area contributed by atoms with Gasteiger partial charge in [0.2, 0.25) is 0 Å². The molecular weight excluding hydrogens is 314 g/mol. The Hall–Kier alpha value is -2.00. The van der Waals surface area contributed by atoms with Crippen molar-refractivity contribution in [2.75, 3.05) is 0 Å². The molecule has 1 aromatic rings. The zero-order valence-electron chi connectivity index (χ0n) is 12.0. The number of carboxylic acid groups (broad SMARTS) is 2. The highest BCUT2D eigenvalue weighted by Gasteiger charge is 2.37. The SMILES string of the molecule is CCC(c1ccc(S(=O)(=O)O)cn1)C(C(=O)O)C(C)C(=O)O. The van der Waals surface area contributed by atoms with Crippen LogP contribution in [-0.4, -0.2) is 40.1 Å². The molecule has 0 fully saturated rings. The average Bonchev–Trinajstić information content (AvgIpc) is 2.42. The molecule has 8 nitrogen and oxygen atoms in total. The van der Waals surface area contributed by atoms with E-state index in [2.05, 4.69) is 4.98 Å². The molecule has 3 N–H and O–H groups in total. The highest BCUT2D eigenvalue weighted by Crippen LogP contribution is 2.33. The Morgan fingerprint density at radius 3 is 2.14 bits per heavy atom. The van der Waals surface area contributed by atoms with E-state index in [9.17, 15) is 23.1 Å². The van der Waals surface area contributed by atoms with Crippen molar-refractivity contribution in [3.05, 3.63) is 24.0 Å². The third kappa shape index (κ3) is 4.01. The van der Waals surface area contributed by atoms with Gasteiger partial charge in [-0.05, 0) is 18.6 Å². The molecule has 0 saturated heterocycles. The van der Waals surface area contributed by atoms with Gasteiger partial charge >= 0.3 is 11.9 Å². The predicted molar refractivity (Wildman–Crippen MR) is 75.0 cm³/mol. The summed E-state index contributed by atoms with van der Waals surface area (Å²) in [5.41, 5.74) is 0.260. The monoisotopic (exact) mass is 331 g/mol. The smallest absolute Gasteiger partial charge is 0.308 e. The van der Waals surface area contributed by atoms with Crippen molar-refractivity contribution >= 4 is 22.1 Å². The molecule has 1 rings (SSSR count). The third-order valence-electron chi connectivity index (χ3n) is 3.52. The minimum absolute atomic E-state index is 0.260. The predicted octanol–water partition coefficient (Wildman–Crippen LogP) is 1.24. The van der Waals surface area contributed by atoms with Gasteiger partial charge in [-0.1, -0.05) is 13.8 Å². The van der Waals surface area contributed by atoms with Gasteiger partial charge < -0.3 is 10.2 Å². The number of aromatic nitrogens is 1. The lowest BCUT2D eigenvalue weighted by molar-refractivity contribution is -0.154. The molecule has 3 unspecified atom stereocenters. The largest absolute Gasteiger partial charge is 0.481 e. The molecular formula is C13H17NO7S. The van der Waals surface area contributed by atoms with Gasteiger partial charge in [-0.25, -0.2) is 0 Å². The zero-order valence-corrected chi connectivity index (χ0v) is 12.8. The Labute approximate surface area is 127 Å². The second-order valence-electron chi connectivity index (χ2n) is 4.90. The van der Waals surface area contributed by atoms with Crippen molar-refractivity contribution in [1.82, 2.24) is 4.98 Å². The van der Waals surface area contributed by atoms with Gasteiger partial charge in [-0.2, -0.15) is 8.42 Å². The summed E-state index contributed by atoms with van der Waals surface area (Å²) in [5.74, 6) is -5.53. The number of aliphatic carboxylic acids is 2. The van der Waals surface area contributed by atoms with Gasteiger partial charge in [0.15, 0.2) is 0 Å². The summed E-state index contributed by atoms with van der Waals surface area (Å²) in [4.78, 5) is 26.0. The van der Waals surface area contributed by atoms with Crippen molar-refractivity contribution < 1.29 is 32.8 Å². The maximum Gasteiger partial charge on any atom is 0.308 e. The first-order chi connectivity index (χ1) is 10.1. The maximum absolute atomic E-state index is 11.4. The van der Waals surface area contributed by atoms with Crippen LogP contribution in [0, 0.1) is 11.8 Å². The molecule has 122 valence electrons. The number of carbonyl (C=O) groups is 2. The summed E-state index contributed by atoms with van der Waals surface area (Å²) in [7, 11) is -4.39. The highest BCUT2D eigenvalue weighted by molar-refractivity contribution is 7.85. The van der Waals surface area contributed by atoms with Crippen LogP contribution in [0.2, 0.25) is 0 Å². The van der Waals surface area contributed by atoms with Gasteiger partial charge in [-0.3, -0.25) is 19.1 Å². The molecule has 1 heterocycles. The first-order valence-electron chi connectivity index (χ1n) is 6.48. The second-order valence-corrected chi connectivity index (χ2v) is 6.32. The number of hydrogen-bond acceptors (Lipinski definition) is 5. The van der Waals surface area contributed by atoms with Gasteiger partial charge in [-0.15, -0.1) is 0 Å². The van der Waals surface area contributed by atoms with Gasteiger partial charge in [0.1, 0.15) is 4.90 Å².